The van der Waals surface area contributed by atoms with Crippen LogP contribution < -0.4 is 4.18 Å². The van der Waals surface area contributed by atoms with Crippen LogP contribution in [0.15, 0.2) is 12.3 Å². The molecular weight excluding hydrogens is 180 g/mol. The Morgan fingerprint density at radius 1 is 1.50 bits per heavy atom. The predicted molar refractivity (Wildman–Crippen MR) is 42.2 cm³/mol. The van der Waals surface area contributed by atoms with Gasteiger partial charge in [0, 0.05) is 12.3 Å². The van der Waals surface area contributed by atoms with Crippen LogP contribution in [0.25, 0.3) is 0 Å². The van der Waals surface area contributed by atoms with Crippen LogP contribution in [0.1, 0.15) is 5.82 Å². The van der Waals surface area contributed by atoms with E-state index in [0.717, 1.165) is 6.26 Å². The summed E-state index contributed by atoms with van der Waals surface area (Å²) in [6.45, 7) is 1.65. The first kappa shape index (κ1) is 8.92. The molecular formula is C6H8N2O3S. The third kappa shape index (κ3) is 2.83. The molecule has 0 fully saturated rings. The second-order valence-electron chi connectivity index (χ2n) is 2.23. The lowest BCUT2D eigenvalue weighted by atomic mass is 10.6. The van der Waals surface area contributed by atoms with Crippen LogP contribution in [0, 0.1) is 6.92 Å². The number of aryl methyl sites for hydroxylation is 1. The molecule has 6 heteroatoms. The van der Waals surface area contributed by atoms with Crippen LogP contribution in [0.3, 0.4) is 0 Å². The highest BCUT2D eigenvalue weighted by atomic mass is 32.2. The highest BCUT2D eigenvalue weighted by Crippen LogP contribution is 2.06. The predicted octanol–water partition coefficient (Wildman–Crippen LogP) is 0.123. The van der Waals surface area contributed by atoms with Gasteiger partial charge in [0.05, 0.1) is 6.26 Å². The van der Waals surface area contributed by atoms with E-state index in [-0.39, 0.29) is 5.88 Å². The van der Waals surface area contributed by atoms with Gasteiger partial charge in [-0.05, 0) is 6.92 Å². The number of nitrogens with zero attached hydrogens (tertiary/aromatic N) is 2. The van der Waals surface area contributed by atoms with Gasteiger partial charge in [0.25, 0.3) is 0 Å². The van der Waals surface area contributed by atoms with Crippen LogP contribution in [-0.4, -0.2) is 24.6 Å². The van der Waals surface area contributed by atoms with E-state index in [9.17, 15) is 8.42 Å². The summed E-state index contributed by atoms with van der Waals surface area (Å²) in [5.74, 6) is 0.515. The molecule has 1 rings (SSSR count). The second-order valence-corrected chi connectivity index (χ2v) is 3.80. The third-order valence-corrected chi connectivity index (χ3v) is 1.46. The number of rotatable bonds is 2. The first-order valence-electron chi connectivity index (χ1n) is 3.16. The maximum absolute atomic E-state index is 10.6. The average Bonchev–Trinajstić information content (AvgIpc) is 1.82. The van der Waals surface area contributed by atoms with Crippen LogP contribution in [-0.2, 0) is 10.1 Å². The molecule has 1 aromatic heterocycles. The van der Waals surface area contributed by atoms with E-state index in [4.69, 9.17) is 0 Å². The minimum absolute atomic E-state index is 0.0463. The molecule has 0 aromatic carbocycles. The highest BCUT2D eigenvalue weighted by molar-refractivity contribution is 7.86. The van der Waals surface area contributed by atoms with E-state index in [1.807, 2.05) is 0 Å². The molecule has 1 heterocycles. The molecule has 0 radical (unpaired) electrons. The maximum atomic E-state index is 10.6. The van der Waals surface area contributed by atoms with Gasteiger partial charge in [0.2, 0.25) is 5.88 Å². The van der Waals surface area contributed by atoms with Crippen molar-refractivity contribution in [3.8, 4) is 5.88 Å². The van der Waals surface area contributed by atoms with Crippen molar-refractivity contribution in [3.63, 3.8) is 0 Å². The normalized spacial score (nSPS) is 11.2. The van der Waals surface area contributed by atoms with Crippen molar-refractivity contribution >= 4 is 10.1 Å². The zero-order valence-electron chi connectivity index (χ0n) is 6.68. The van der Waals surface area contributed by atoms with Gasteiger partial charge in [-0.3, -0.25) is 0 Å². The summed E-state index contributed by atoms with van der Waals surface area (Å²) in [5, 5.41) is 0. The van der Waals surface area contributed by atoms with Crippen LogP contribution >= 0.6 is 0 Å². The van der Waals surface area contributed by atoms with E-state index in [1.165, 1.54) is 12.3 Å². The maximum Gasteiger partial charge on any atom is 0.307 e. The Balaban J connectivity index is 2.91. The molecule has 0 bridgehead atoms. The van der Waals surface area contributed by atoms with E-state index in [2.05, 4.69) is 14.2 Å². The van der Waals surface area contributed by atoms with E-state index < -0.39 is 10.1 Å². The quantitative estimate of drug-likeness (QED) is 0.617. The van der Waals surface area contributed by atoms with Crippen LogP contribution in [0.2, 0.25) is 0 Å². The first-order valence-corrected chi connectivity index (χ1v) is 4.98. The van der Waals surface area contributed by atoms with E-state index in [1.54, 1.807) is 6.92 Å². The van der Waals surface area contributed by atoms with Gasteiger partial charge in [-0.15, -0.1) is 0 Å². The molecule has 0 aliphatic carbocycles. The van der Waals surface area contributed by atoms with Gasteiger partial charge in [0.15, 0.2) is 0 Å². The summed E-state index contributed by atoms with van der Waals surface area (Å²) in [6.07, 6.45) is 2.40. The standard InChI is InChI=1S/C6H8N2O3S/c1-5-7-4-3-6(8-5)11-12(2,9)10/h3-4H,1-2H3. The fourth-order valence-electron chi connectivity index (χ4n) is 0.636. The van der Waals surface area contributed by atoms with Gasteiger partial charge in [-0.1, -0.05) is 0 Å². The summed E-state index contributed by atoms with van der Waals surface area (Å²) < 4.78 is 25.8. The fraction of sp³-hybridized carbons (Fsp3) is 0.333. The fourth-order valence-corrected chi connectivity index (χ4v) is 1.04. The van der Waals surface area contributed by atoms with Crippen molar-refractivity contribution in [2.24, 2.45) is 0 Å². The molecule has 0 unspecified atom stereocenters. The Bertz CT molecular complexity index is 374. The largest absolute Gasteiger partial charge is 0.362 e. The average molecular weight is 188 g/mol. The molecule has 1 aromatic rings. The monoisotopic (exact) mass is 188 g/mol. The number of hydrogen-bond donors (Lipinski definition) is 0. The number of hydrogen-bond acceptors (Lipinski definition) is 5. The first-order chi connectivity index (χ1) is 5.47. The van der Waals surface area contributed by atoms with Crippen molar-refractivity contribution < 1.29 is 12.6 Å². The van der Waals surface area contributed by atoms with Crippen LogP contribution in [0.5, 0.6) is 5.88 Å². The van der Waals surface area contributed by atoms with Gasteiger partial charge in [0.1, 0.15) is 5.82 Å². The lowest BCUT2D eigenvalue weighted by Crippen LogP contribution is -2.07. The van der Waals surface area contributed by atoms with E-state index >= 15 is 0 Å². The van der Waals surface area contributed by atoms with Gasteiger partial charge < -0.3 is 4.18 Å². The Kier molecular flexibility index (Phi) is 2.27. The molecule has 0 N–H and O–H groups in total. The molecule has 5 nitrogen and oxygen atoms in total. The Morgan fingerprint density at radius 2 is 2.17 bits per heavy atom. The minimum atomic E-state index is -3.48. The molecule has 0 atom stereocenters. The SMILES string of the molecule is Cc1nccc(OS(C)(=O)=O)n1. The smallest absolute Gasteiger partial charge is 0.307 e. The Labute approximate surface area is 70.5 Å². The third-order valence-electron chi connectivity index (χ3n) is 0.987. The summed E-state index contributed by atoms with van der Waals surface area (Å²) in [6, 6.07) is 1.38. The zero-order valence-corrected chi connectivity index (χ0v) is 7.50. The highest BCUT2D eigenvalue weighted by Gasteiger charge is 2.04. The van der Waals surface area contributed by atoms with Crippen molar-refractivity contribution in [2.45, 2.75) is 6.92 Å². The topological polar surface area (TPSA) is 69.2 Å². The van der Waals surface area contributed by atoms with Crippen molar-refractivity contribution in [3.05, 3.63) is 18.1 Å². The zero-order chi connectivity index (χ0) is 9.19. The summed E-state index contributed by atoms with van der Waals surface area (Å²) in [5.41, 5.74) is 0. The van der Waals surface area contributed by atoms with E-state index in [0.29, 0.717) is 5.82 Å². The number of aromatic nitrogens is 2. The van der Waals surface area contributed by atoms with Gasteiger partial charge >= 0.3 is 10.1 Å². The summed E-state index contributed by atoms with van der Waals surface area (Å²) in [7, 11) is -3.48. The van der Waals surface area contributed by atoms with Crippen LogP contribution in [0.4, 0.5) is 0 Å². The lowest BCUT2D eigenvalue weighted by Gasteiger charge is -2.00. The van der Waals surface area contributed by atoms with Gasteiger partial charge in [-0.2, -0.15) is 13.4 Å². The molecule has 0 saturated carbocycles. The van der Waals surface area contributed by atoms with Crippen molar-refractivity contribution in [1.29, 1.82) is 0 Å². The minimum Gasteiger partial charge on any atom is -0.362 e. The van der Waals surface area contributed by atoms with Crippen molar-refractivity contribution in [2.75, 3.05) is 6.26 Å². The molecule has 0 amide bonds. The van der Waals surface area contributed by atoms with Gasteiger partial charge in [-0.25, -0.2) is 4.98 Å². The Hall–Kier alpha value is -1.17. The second kappa shape index (κ2) is 3.06. The summed E-state index contributed by atoms with van der Waals surface area (Å²) >= 11 is 0. The lowest BCUT2D eigenvalue weighted by molar-refractivity contribution is 0.481. The molecule has 12 heavy (non-hydrogen) atoms. The molecule has 0 saturated heterocycles. The molecule has 0 aliphatic heterocycles. The van der Waals surface area contributed by atoms with Crippen molar-refractivity contribution in [1.82, 2.24) is 9.97 Å². The molecule has 0 aliphatic rings. The molecule has 0 spiro atoms. The molecule has 66 valence electrons. The summed E-state index contributed by atoms with van der Waals surface area (Å²) in [4.78, 5) is 7.53. The Morgan fingerprint density at radius 3 is 2.67 bits per heavy atom.